The van der Waals surface area contributed by atoms with Gasteiger partial charge in [-0.2, -0.15) is 10.5 Å². The van der Waals surface area contributed by atoms with Gasteiger partial charge in [0.05, 0.1) is 31.2 Å². The number of rotatable bonds is 6. The van der Waals surface area contributed by atoms with E-state index in [4.69, 9.17) is 20.0 Å². The topological polar surface area (TPSA) is 100 Å². The van der Waals surface area contributed by atoms with Gasteiger partial charge in [0.25, 0.3) is 0 Å². The lowest BCUT2D eigenvalue weighted by atomic mass is 10.1. The van der Waals surface area contributed by atoms with Gasteiger partial charge in [0.1, 0.15) is 17.9 Å². The van der Waals surface area contributed by atoms with E-state index in [0.717, 1.165) is 0 Å². The number of hydrogen-bond acceptors (Lipinski definition) is 6. The van der Waals surface area contributed by atoms with Crippen molar-refractivity contribution in [1.29, 1.82) is 10.5 Å². The third-order valence-electron chi connectivity index (χ3n) is 2.71. The summed E-state index contributed by atoms with van der Waals surface area (Å²) in [5.74, 6) is -0.898. The lowest BCUT2D eigenvalue weighted by Crippen LogP contribution is -2.14. The second kappa shape index (κ2) is 12.3. The maximum absolute atomic E-state index is 11.9. The van der Waals surface area contributed by atoms with Crippen molar-refractivity contribution in [2.45, 2.75) is 33.6 Å². The van der Waals surface area contributed by atoms with Gasteiger partial charge in [-0.15, -0.1) is 0 Å². The highest BCUT2D eigenvalue weighted by Gasteiger charge is 2.17. The van der Waals surface area contributed by atoms with Crippen LogP contribution >= 0.6 is 0 Å². The molecule has 0 saturated carbocycles. The number of nitriles is 2. The van der Waals surface area contributed by atoms with Crippen LogP contribution in [-0.2, 0) is 14.3 Å². The number of ether oxygens (including phenoxy) is 2. The van der Waals surface area contributed by atoms with Gasteiger partial charge in [0.2, 0.25) is 0 Å². The fourth-order valence-electron chi connectivity index (χ4n) is 1.63. The van der Waals surface area contributed by atoms with Crippen molar-refractivity contribution in [3.05, 3.63) is 34.9 Å². The quantitative estimate of drug-likeness (QED) is 0.258. The minimum atomic E-state index is -0.797. The first kappa shape index (κ1) is 21.9. The smallest absolute Gasteiger partial charge is 0.341 e. The molecule has 1 rings (SSSR count). The Hall–Kier alpha value is -3.12. The van der Waals surface area contributed by atoms with E-state index in [9.17, 15) is 9.59 Å². The molecule has 0 amide bonds. The second-order valence-electron chi connectivity index (χ2n) is 4.93. The highest BCUT2D eigenvalue weighted by Crippen LogP contribution is 2.23. The lowest BCUT2D eigenvalue weighted by Gasteiger charge is -2.08. The Labute approximate surface area is 148 Å². The number of carbonyl (C=O) groups excluding carboxylic acids is 2. The van der Waals surface area contributed by atoms with Crippen molar-refractivity contribution in [2.24, 2.45) is 0 Å². The molecule has 0 aromatic heterocycles. The Bertz CT molecular complexity index is 709. The van der Waals surface area contributed by atoms with Crippen LogP contribution in [0.15, 0.2) is 23.8 Å². The summed E-state index contributed by atoms with van der Waals surface area (Å²) in [6, 6.07) is 8.44. The number of hydrogen-bond donors (Lipinski definition) is 0. The molecule has 0 radical (unpaired) electrons. The molecule has 0 saturated heterocycles. The van der Waals surface area contributed by atoms with Crippen molar-refractivity contribution in [3.63, 3.8) is 0 Å². The predicted molar refractivity (Wildman–Crippen MR) is 93.5 cm³/mol. The van der Waals surface area contributed by atoms with E-state index >= 15 is 0 Å². The molecule has 0 N–H and O–H groups in total. The zero-order chi connectivity index (χ0) is 19.2. The minimum absolute atomic E-state index is 0.0527. The number of nitrogens with zero attached hydrogens (tertiary/aromatic N) is 2. The zero-order valence-electron chi connectivity index (χ0n) is 15.0. The van der Waals surface area contributed by atoms with Crippen LogP contribution in [0.5, 0.6) is 5.75 Å². The predicted octanol–water partition coefficient (Wildman–Crippen LogP) is 3.41. The number of methoxy groups -OCH3 is 1. The van der Waals surface area contributed by atoms with E-state index in [1.807, 2.05) is 12.1 Å². The first-order valence-electron chi connectivity index (χ1n) is 7.79. The van der Waals surface area contributed by atoms with Gasteiger partial charge < -0.3 is 9.47 Å². The Morgan fingerprint density at radius 3 is 2.36 bits per heavy atom. The number of ketones is 1. The molecule has 25 heavy (non-hydrogen) atoms. The van der Waals surface area contributed by atoms with Crippen LogP contribution in [0.2, 0.25) is 0 Å². The number of benzene rings is 1. The van der Waals surface area contributed by atoms with Crippen LogP contribution in [0.1, 0.15) is 44.7 Å². The van der Waals surface area contributed by atoms with Gasteiger partial charge in [-0.25, -0.2) is 4.79 Å². The average molecular weight is 342 g/mol. The standard InChI is InChI=1S/C16H14N2O4.C3H8/c1-11(19)14(16(20)22-7-3-6-17)9-13-5-4-12(10-18)8-15(13)21-2;1-3-2/h4-5,8-9H,3,7H2,1-2H3;3H2,1-2H3/b14-9+;. The Balaban J connectivity index is 0.00000178. The summed E-state index contributed by atoms with van der Waals surface area (Å²) in [5.41, 5.74) is 0.722. The molecule has 0 aliphatic carbocycles. The molecule has 0 heterocycles. The molecular formula is C19H22N2O4. The summed E-state index contributed by atoms with van der Waals surface area (Å²) in [5, 5.41) is 17.3. The zero-order valence-corrected chi connectivity index (χ0v) is 15.0. The van der Waals surface area contributed by atoms with Gasteiger partial charge >= 0.3 is 5.97 Å². The monoisotopic (exact) mass is 342 g/mol. The number of Topliss-reactive ketones (excluding diaryl/α,β-unsaturated/α-hetero) is 1. The largest absolute Gasteiger partial charge is 0.496 e. The maximum Gasteiger partial charge on any atom is 0.341 e. The molecule has 0 aliphatic rings. The lowest BCUT2D eigenvalue weighted by molar-refractivity contribution is -0.140. The van der Waals surface area contributed by atoms with Crippen LogP contribution < -0.4 is 4.74 Å². The minimum Gasteiger partial charge on any atom is -0.496 e. The van der Waals surface area contributed by atoms with Crippen LogP contribution in [0, 0.1) is 22.7 Å². The Morgan fingerprint density at radius 2 is 1.88 bits per heavy atom. The van der Waals surface area contributed by atoms with Gasteiger partial charge in [-0.3, -0.25) is 4.79 Å². The van der Waals surface area contributed by atoms with Gasteiger partial charge in [-0.05, 0) is 31.2 Å². The summed E-state index contributed by atoms with van der Waals surface area (Å²) in [4.78, 5) is 23.5. The third-order valence-corrected chi connectivity index (χ3v) is 2.71. The molecule has 6 nitrogen and oxygen atoms in total. The molecule has 1 aromatic carbocycles. The van der Waals surface area contributed by atoms with Crippen molar-refractivity contribution < 1.29 is 19.1 Å². The normalized spacial score (nSPS) is 9.76. The second-order valence-corrected chi connectivity index (χ2v) is 4.93. The first-order chi connectivity index (χ1) is 11.9. The number of esters is 1. The SMILES string of the molecule is CCC.COc1cc(C#N)ccc1/C=C(\C(C)=O)C(=O)OCCC#N. The Kier molecular flexibility index (Phi) is 10.8. The molecule has 6 heteroatoms. The molecular weight excluding hydrogens is 320 g/mol. The first-order valence-corrected chi connectivity index (χ1v) is 7.79. The molecule has 0 spiro atoms. The number of carbonyl (C=O) groups is 2. The molecule has 132 valence electrons. The van der Waals surface area contributed by atoms with Crippen LogP contribution in [0.25, 0.3) is 6.08 Å². The van der Waals surface area contributed by atoms with Crippen molar-refractivity contribution in [1.82, 2.24) is 0 Å². The van der Waals surface area contributed by atoms with Crippen LogP contribution in [-0.4, -0.2) is 25.5 Å². The fraction of sp³-hybridized carbons (Fsp3) is 0.368. The molecule has 0 atom stereocenters. The third kappa shape index (κ3) is 7.81. The highest BCUT2D eigenvalue weighted by molar-refractivity contribution is 6.19. The summed E-state index contributed by atoms with van der Waals surface area (Å²) < 4.78 is 10.00. The molecule has 0 bridgehead atoms. The molecule has 0 fully saturated rings. The van der Waals surface area contributed by atoms with Crippen molar-refractivity contribution in [2.75, 3.05) is 13.7 Å². The van der Waals surface area contributed by atoms with Gasteiger partial charge in [0.15, 0.2) is 5.78 Å². The van der Waals surface area contributed by atoms with E-state index in [1.54, 1.807) is 12.1 Å². The van der Waals surface area contributed by atoms with Gasteiger partial charge in [-0.1, -0.05) is 20.3 Å². The summed E-state index contributed by atoms with van der Waals surface area (Å²) >= 11 is 0. The van der Waals surface area contributed by atoms with Crippen LogP contribution in [0.3, 0.4) is 0 Å². The fourth-order valence-corrected chi connectivity index (χ4v) is 1.63. The van der Waals surface area contributed by atoms with Crippen molar-refractivity contribution in [3.8, 4) is 17.9 Å². The summed E-state index contributed by atoms with van der Waals surface area (Å²) in [7, 11) is 1.42. The van der Waals surface area contributed by atoms with Crippen LogP contribution in [0.4, 0.5) is 0 Å². The maximum atomic E-state index is 11.9. The molecule has 0 aliphatic heterocycles. The Morgan fingerprint density at radius 1 is 1.24 bits per heavy atom. The van der Waals surface area contributed by atoms with Crippen molar-refractivity contribution >= 4 is 17.8 Å². The van der Waals surface area contributed by atoms with E-state index in [2.05, 4.69) is 13.8 Å². The summed E-state index contributed by atoms with van der Waals surface area (Å²) in [6.07, 6.45) is 2.65. The highest BCUT2D eigenvalue weighted by atomic mass is 16.5. The molecule has 0 unspecified atom stereocenters. The van der Waals surface area contributed by atoms with E-state index in [-0.39, 0.29) is 18.6 Å². The summed E-state index contributed by atoms with van der Waals surface area (Å²) in [6.45, 7) is 5.41. The van der Waals surface area contributed by atoms with E-state index < -0.39 is 11.8 Å². The van der Waals surface area contributed by atoms with Gasteiger partial charge in [0, 0.05) is 5.56 Å². The average Bonchev–Trinajstić information content (AvgIpc) is 2.60. The molecule has 1 aromatic rings. The van der Waals surface area contributed by atoms with E-state index in [0.29, 0.717) is 16.9 Å². The van der Waals surface area contributed by atoms with E-state index in [1.165, 1.54) is 32.6 Å².